The summed E-state index contributed by atoms with van der Waals surface area (Å²) in [6.45, 7) is 1.31. The maximum absolute atomic E-state index is 13.2. The van der Waals surface area contributed by atoms with Crippen LogP contribution in [-0.2, 0) is 11.2 Å². The lowest BCUT2D eigenvalue weighted by atomic mass is 9.93. The van der Waals surface area contributed by atoms with Crippen LogP contribution in [-0.4, -0.2) is 47.5 Å². The van der Waals surface area contributed by atoms with Crippen molar-refractivity contribution in [2.24, 2.45) is 5.92 Å². The molecule has 1 amide bonds. The predicted molar refractivity (Wildman–Crippen MR) is 96.5 cm³/mol. The standard InChI is InChI=1S/C19H23FN4O2/c1-21-19-17(22-7-8-23-19)10-14-4-3-9-24(12-14)18(25)13-26-16-6-2-5-15(20)11-16/h2,5-8,11,14H,3-4,9-10,12-13H2,1H3,(H,21,23)/t14-/m0/s1. The van der Waals surface area contributed by atoms with Crippen molar-refractivity contribution < 1.29 is 13.9 Å². The summed E-state index contributed by atoms with van der Waals surface area (Å²) in [5.74, 6) is 1.03. The Labute approximate surface area is 152 Å². The number of aromatic nitrogens is 2. The lowest BCUT2D eigenvalue weighted by Gasteiger charge is -2.32. The maximum Gasteiger partial charge on any atom is 0.260 e. The SMILES string of the molecule is CNc1nccnc1C[C@@H]1CCCN(C(=O)COc2cccc(F)c2)C1. The molecule has 0 unspecified atom stereocenters. The molecule has 138 valence electrons. The minimum Gasteiger partial charge on any atom is -0.484 e. The summed E-state index contributed by atoms with van der Waals surface area (Å²) < 4.78 is 18.6. The van der Waals surface area contributed by atoms with Gasteiger partial charge in [-0.15, -0.1) is 0 Å². The number of carbonyl (C=O) groups excluding carboxylic acids is 1. The van der Waals surface area contributed by atoms with Gasteiger partial charge in [0.15, 0.2) is 6.61 Å². The third kappa shape index (κ3) is 4.68. The highest BCUT2D eigenvalue weighted by Crippen LogP contribution is 2.22. The highest BCUT2D eigenvalue weighted by Gasteiger charge is 2.25. The fraction of sp³-hybridized carbons (Fsp3) is 0.421. The van der Waals surface area contributed by atoms with Gasteiger partial charge in [-0.2, -0.15) is 0 Å². The number of anilines is 1. The molecule has 1 N–H and O–H groups in total. The van der Waals surface area contributed by atoms with Crippen LogP contribution in [0.5, 0.6) is 5.75 Å². The predicted octanol–water partition coefficient (Wildman–Crippen LogP) is 2.52. The van der Waals surface area contributed by atoms with Gasteiger partial charge in [-0.3, -0.25) is 9.78 Å². The van der Waals surface area contributed by atoms with Crippen LogP contribution in [0.25, 0.3) is 0 Å². The highest BCUT2D eigenvalue weighted by molar-refractivity contribution is 5.77. The lowest BCUT2D eigenvalue weighted by molar-refractivity contribution is -0.135. The van der Waals surface area contributed by atoms with Crippen molar-refractivity contribution >= 4 is 11.7 Å². The van der Waals surface area contributed by atoms with Gasteiger partial charge in [-0.05, 0) is 37.3 Å². The average molecular weight is 358 g/mol. The van der Waals surface area contributed by atoms with Gasteiger partial charge in [0.2, 0.25) is 0 Å². The Morgan fingerprint density at radius 1 is 1.38 bits per heavy atom. The summed E-state index contributed by atoms with van der Waals surface area (Å²) in [6.07, 6.45) is 6.13. The number of halogens is 1. The molecule has 1 atom stereocenters. The lowest BCUT2D eigenvalue weighted by Crippen LogP contribution is -2.42. The molecule has 1 aromatic carbocycles. The number of carbonyl (C=O) groups is 1. The fourth-order valence-corrected chi connectivity index (χ4v) is 3.25. The number of nitrogens with one attached hydrogen (secondary N) is 1. The third-order valence-electron chi connectivity index (χ3n) is 4.52. The van der Waals surface area contributed by atoms with Crippen LogP contribution in [0.2, 0.25) is 0 Å². The van der Waals surface area contributed by atoms with Gasteiger partial charge in [0.25, 0.3) is 5.91 Å². The summed E-state index contributed by atoms with van der Waals surface area (Å²) in [5.41, 5.74) is 0.922. The van der Waals surface area contributed by atoms with Crippen molar-refractivity contribution in [3.05, 3.63) is 48.2 Å². The van der Waals surface area contributed by atoms with Crippen molar-refractivity contribution in [2.75, 3.05) is 32.1 Å². The first-order chi connectivity index (χ1) is 12.7. The van der Waals surface area contributed by atoms with E-state index in [-0.39, 0.29) is 18.3 Å². The Hall–Kier alpha value is -2.70. The van der Waals surface area contributed by atoms with E-state index in [4.69, 9.17) is 4.74 Å². The smallest absolute Gasteiger partial charge is 0.260 e. The van der Waals surface area contributed by atoms with Crippen LogP contribution in [0.3, 0.4) is 0 Å². The molecule has 2 aromatic rings. The summed E-state index contributed by atoms with van der Waals surface area (Å²) in [6, 6.07) is 5.82. The Kier molecular flexibility index (Phi) is 5.99. The zero-order chi connectivity index (χ0) is 18.4. The molecule has 0 bridgehead atoms. The monoisotopic (exact) mass is 358 g/mol. The number of piperidine rings is 1. The number of likely N-dealkylation sites (tertiary alicyclic amines) is 1. The molecular formula is C19H23FN4O2. The Morgan fingerprint density at radius 3 is 3.04 bits per heavy atom. The number of hydrogen-bond donors (Lipinski definition) is 1. The Morgan fingerprint density at radius 2 is 2.23 bits per heavy atom. The second-order valence-electron chi connectivity index (χ2n) is 6.40. The average Bonchev–Trinajstić information content (AvgIpc) is 2.67. The molecule has 7 heteroatoms. The summed E-state index contributed by atoms with van der Waals surface area (Å²) in [5, 5.41) is 3.06. The molecule has 1 aliphatic rings. The molecule has 0 radical (unpaired) electrons. The van der Waals surface area contributed by atoms with E-state index in [0.717, 1.165) is 37.3 Å². The number of hydrogen-bond acceptors (Lipinski definition) is 5. The third-order valence-corrected chi connectivity index (χ3v) is 4.52. The number of nitrogens with zero attached hydrogens (tertiary/aromatic N) is 3. The van der Waals surface area contributed by atoms with Gasteiger partial charge in [-0.25, -0.2) is 9.37 Å². The quantitative estimate of drug-likeness (QED) is 0.859. The number of benzene rings is 1. The van der Waals surface area contributed by atoms with Gasteiger partial charge < -0.3 is 15.0 Å². The van der Waals surface area contributed by atoms with Crippen LogP contribution < -0.4 is 10.1 Å². The first kappa shape index (κ1) is 18.1. The molecule has 26 heavy (non-hydrogen) atoms. The molecule has 0 spiro atoms. The topological polar surface area (TPSA) is 67.4 Å². The fourth-order valence-electron chi connectivity index (χ4n) is 3.25. The van der Waals surface area contributed by atoms with E-state index < -0.39 is 0 Å². The van der Waals surface area contributed by atoms with E-state index in [0.29, 0.717) is 18.2 Å². The molecule has 0 saturated carbocycles. The van der Waals surface area contributed by atoms with Crippen LogP contribution in [0.15, 0.2) is 36.7 Å². The molecular weight excluding hydrogens is 335 g/mol. The van der Waals surface area contributed by atoms with E-state index in [9.17, 15) is 9.18 Å². The van der Waals surface area contributed by atoms with Gasteiger partial charge in [0, 0.05) is 38.6 Å². The number of rotatable bonds is 6. The van der Waals surface area contributed by atoms with Crippen molar-refractivity contribution in [1.82, 2.24) is 14.9 Å². The van der Waals surface area contributed by atoms with Gasteiger partial charge in [0.05, 0.1) is 5.69 Å². The van der Waals surface area contributed by atoms with E-state index in [2.05, 4.69) is 15.3 Å². The Balaban J connectivity index is 1.55. The minimum absolute atomic E-state index is 0.0769. The van der Waals surface area contributed by atoms with E-state index in [1.807, 2.05) is 11.9 Å². The van der Waals surface area contributed by atoms with Crippen molar-refractivity contribution in [2.45, 2.75) is 19.3 Å². The maximum atomic E-state index is 13.2. The second-order valence-corrected chi connectivity index (χ2v) is 6.40. The van der Waals surface area contributed by atoms with Gasteiger partial charge >= 0.3 is 0 Å². The number of amides is 1. The summed E-state index contributed by atoms with van der Waals surface area (Å²) in [4.78, 5) is 23.0. The highest BCUT2D eigenvalue weighted by atomic mass is 19.1. The zero-order valence-electron chi connectivity index (χ0n) is 14.8. The molecule has 2 heterocycles. The first-order valence-electron chi connectivity index (χ1n) is 8.79. The van der Waals surface area contributed by atoms with Crippen molar-refractivity contribution in [1.29, 1.82) is 0 Å². The first-order valence-corrected chi connectivity index (χ1v) is 8.79. The Bertz CT molecular complexity index is 756. The second kappa shape index (κ2) is 8.60. The largest absolute Gasteiger partial charge is 0.484 e. The molecule has 1 aliphatic heterocycles. The summed E-state index contributed by atoms with van der Waals surface area (Å²) in [7, 11) is 1.83. The van der Waals surface area contributed by atoms with Crippen LogP contribution in [0.1, 0.15) is 18.5 Å². The van der Waals surface area contributed by atoms with Gasteiger partial charge in [0.1, 0.15) is 17.4 Å². The number of ether oxygens (including phenoxy) is 1. The van der Waals surface area contributed by atoms with Gasteiger partial charge in [-0.1, -0.05) is 6.07 Å². The molecule has 6 nitrogen and oxygen atoms in total. The summed E-state index contributed by atoms with van der Waals surface area (Å²) >= 11 is 0. The van der Waals surface area contributed by atoms with E-state index in [1.54, 1.807) is 24.5 Å². The van der Waals surface area contributed by atoms with Crippen LogP contribution >= 0.6 is 0 Å². The molecule has 1 fully saturated rings. The zero-order valence-corrected chi connectivity index (χ0v) is 14.8. The van der Waals surface area contributed by atoms with E-state index in [1.165, 1.54) is 12.1 Å². The molecule has 3 rings (SSSR count). The normalized spacial score (nSPS) is 17.0. The molecule has 0 aliphatic carbocycles. The minimum atomic E-state index is -0.378. The van der Waals surface area contributed by atoms with Crippen LogP contribution in [0, 0.1) is 11.7 Å². The molecule has 1 aromatic heterocycles. The van der Waals surface area contributed by atoms with Crippen molar-refractivity contribution in [3.63, 3.8) is 0 Å². The van der Waals surface area contributed by atoms with E-state index >= 15 is 0 Å². The van der Waals surface area contributed by atoms with Crippen LogP contribution in [0.4, 0.5) is 10.2 Å². The molecule has 1 saturated heterocycles. The van der Waals surface area contributed by atoms with Crippen molar-refractivity contribution in [3.8, 4) is 5.75 Å².